The van der Waals surface area contributed by atoms with Crippen molar-refractivity contribution in [1.82, 2.24) is 4.98 Å². The summed E-state index contributed by atoms with van der Waals surface area (Å²) in [6.07, 6.45) is 1.58. The summed E-state index contributed by atoms with van der Waals surface area (Å²) in [5, 5.41) is 10.7. The van der Waals surface area contributed by atoms with Gasteiger partial charge >= 0.3 is 0 Å². The van der Waals surface area contributed by atoms with E-state index in [1.54, 1.807) is 37.4 Å². The maximum Gasteiger partial charge on any atom is 0.272 e. The third-order valence-corrected chi connectivity index (χ3v) is 2.83. The Morgan fingerprint density at radius 3 is 2.50 bits per heavy atom. The van der Waals surface area contributed by atoms with Gasteiger partial charge in [-0.15, -0.1) is 0 Å². The molecule has 0 fully saturated rings. The number of nitro benzene ring substituents is 1. The molecule has 0 aliphatic carbocycles. The Hall–Kier alpha value is -2.47. The highest BCUT2D eigenvalue weighted by Gasteiger charge is 2.11. The normalized spacial score (nSPS) is 11.9. The second-order valence-corrected chi connectivity index (χ2v) is 4.51. The minimum Gasteiger partial charge on any atom is -0.456 e. The predicted molar refractivity (Wildman–Crippen MR) is 74.7 cm³/mol. The first-order valence-electron chi connectivity index (χ1n) is 6.12. The molecule has 0 radical (unpaired) electrons. The summed E-state index contributed by atoms with van der Waals surface area (Å²) < 4.78 is 5.60. The molecule has 0 unspecified atom stereocenters. The average molecular weight is 273 g/mol. The number of nitrogens with zero attached hydrogens (tertiary/aromatic N) is 2. The highest BCUT2D eigenvalue weighted by atomic mass is 16.6. The van der Waals surface area contributed by atoms with Gasteiger partial charge in [0.1, 0.15) is 11.5 Å². The van der Waals surface area contributed by atoms with Crippen LogP contribution in [0.1, 0.15) is 24.2 Å². The van der Waals surface area contributed by atoms with Crippen molar-refractivity contribution in [1.29, 1.82) is 0 Å². The molecule has 2 rings (SSSR count). The van der Waals surface area contributed by atoms with E-state index in [4.69, 9.17) is 10.5 Å². The Morgan fingerprint density at radius 1 is 1.30 bits per heavy atom. The van der Waals surface area contributed by atoms with E-state index < -0.39 is 4.92 Å². The lowest BCUT2D eigenvalue weighted by Gasteiger charge is -2.08. The molecule has 0 saturated carbocycles. The van der Waals surface area contributed by atoms with E-state index in [1.807, 2.05) is 6.92 Å². The zero-order valence-electron chi connectivity index (χ0n) is 11.2. The zero-order chi connectivity index (χ0) is 14.7. The monoisotopic (exact) mass is 273 g/mol. The van der Waals surface area contributed by atoms with E-state index >= 15 is 0 Å². The minimum absolute atomic E-state index is 0.0720. The maximum absolute atomic E-state index is 10.7. The van der Waals surface area contributed by atoms with E-state index in [0.717, 1.165) is 5.69 Å². The molecule has 20 heavy (non-hydrogen) atoms. The van der Waals surface area contributed by atoms with Crippen molar-refractivity contribution in [2.45, 2.75) is 19.9 Å². The standard InChI is InChI=1S/C14H15N3O3/c1-9-7-11(4-6-14(9)17(18)19)20-12-3-5-13(10(2)15)16-8-12/h3-8,10H,15H2,1-2H3/t10-/m0/s1. The van der Waals surface area contributed by atoms with Gasteiger partial charge in [0, 0.05) is 17.7 Å². The number of pyridine rings is 1. The Bertz CT molecular complexity index is 624. The molecule has 0 amide bonds. The molecule has 104 valence electrons. The number of ether oxygens (including phenoxy) is 1. The van der Waals surface area contributed by atoms with Crippen LogP contribution >= 0.6 is 0 Å². The Morgan fingerprint density at radius 2 is 2.00 bits per heavy atom. The first kappa shape index (κ1) is 14.0. The maximum atomic E-state index is 10.7. The van der Waals surface area contributed by atoms with Crippen LogP contribution in [0.25, 0.3) is 0 Å². The topological polar surface area (TPSA) is 91.3 Å². The Kier molecular flexibility index (Phi) is 3.95. The molecule has 1 aromatic carbocycles. The number of aryl methyl sites for hydroxylation is 1. The number of hydrogen-bond donors (Lipinski definition) is 1. The summed E-state index contributed by atoms with van der Waals surface area (Å²) in [7, 11) is 0. The summed E-state index contributed by atoms with van der Waals surface area (Å²) in [5.41, 5.74) is 7.11. The fraction of sp³-hybridized carbons (Fsp3) is 0.214. The summed E-state index contributed by atoms with van der Waals surface area (Å²) in [4.78, 5) is 14.5. The number of nitrogens with two attached hydrogens (primary N) is 1. The van der Waals surface area contributed by atoms with Crippen molar-refractivity contribution in [3.63, 3.8) is 0 Å². The second-order valence-electron chi connectivity index (χ2n) is 4.51. The lowest BCUT2D eigenvalue weighted by atomic mass is 10.2. The summed E-state index contributed by atoms with van der Waals surface area (Å²) in [5.74, 6) is 1.09. The van der Waals surface area contributed by atoms with Crippen LogP contribution in [0.15, 0.2) is 36.5 Å². The van der Waals surface area contributed by atoms with Gasteiger partial charge in [-0.25, -0.2) is 0 Å². The van der Waals surface area contributed by atoms with E-state index in [9.17, 15) is 10.1 Å². The predicted octanol–water partition coefficient (Wildman–Crippen LogP) is 3.11. The van der Waals surface area contributed by atoms with E-state index in [1.165, 1.54) is 6.07 Å². The van der Waals surface area contributed by atoms with Gasteiger partial charge < -0.3 is 10.5 Å². The van der Waals surface area contributed by atoms with Crippen LogP contribution in [0.2, 0.25) is 0 Å². The smallest absolute Gasteiger partial charge is 0.272 e. The summed E-state index contributed by atoms with van der Waals surface area (Å²) in [6.45, 7) is 3.52. The highest BCUT2D eigenvalue weighted by molar-refractivity contribution is 5.45. The number of rotatable bonds is 4. The van der Waals surface area contributed by atoms with Gasteiger partial charge in [0.15, 0.2) is 0 Å². The molecule has 0 aliphatic heterocycles. The third kappa shape index (κ3) is 3.10. The van der Waals surface area contributed by atoms with Gasteiger partial charge in [-0.3, -0.25) is 15.1 Å². The van der Waals surface area contributed by atoms with Crippen LogP contribution < -0.4 is 10.5 Å². The van der Waals surface area contributed by atoms with Crippen LogP contribution in [-0.2, 0) is 0 Å². The lowest BCUT2D eigenvalue weighted by molar-refractivity contribution is -0.385. The van der Waals surface area contributed by atoms with Gasteiger partial charge in [-0.1, -0.05) is 0 Å². The SMILES string of the molecule is Cc1cc(Oc2ccc([C@H](C)N)nc2)ccc1[N+](=O)[O-]. The highest BCUT2D eigenvalue weighted by Crippen LogP contribution is 2.27. The Labute approximate surface area is 116 Å². The number of hydrogen-bond acceptors (Lipinski definition) is 5. The van der Waals surface area contributed by atoms with Gasteiger partial charge in [-0.2, -0.15) is 0 Å². The Balaban J connectivity index is 2.17. The molecule has 2 aromatic rings. The molecular formula is C14H15N3O3. The van der Waals surface area contributed by atoms with Crippen LogP contribution in [0, 0.1) is 17.0 Å². The zero-order valence-corrected chi connectivity index (χ0v) is 11.2. The lowest BCUT2D eigenvalue weighted by Crippen LogP contribution is -2.06. The fourth-order valence-electron chi connectivity index (χ4n) is 1.75. The molecule has 1 atom stereocenters. The van der Waals surface area contributed by atoms with Crippen molar-refractivity contribution in [3.05, 3.63) is 57.9 Å². The van der Waals surface area contributed by atoms with Crippen molar-refractivity contribution in [2.75, 3.05) is 0 Å². The number of nitro groups is 1. The van der Waals surface area contributed by atoms with Crippen LogP contribution in [-0.4, -0.2) is 9.91 Å². The van der Waals surface area contributed by atoms with Crippen LogP contribution in [0.4, 0.5) is 5.69 Å². The minimum atomic E-state index is -0.419. The molecule has 0 spiro atoms. The van der Waals surface area contributed by atoms with Crippen molar-refractivity contribution in [3.8, 4) is 11.5 Å². The fourth-order valence-corrected chi connectivity index (χ4v) is 1.75. The number of aromatic nitrogens is 1. The quantitative estimate of drug-likeness (QED) is 0.682. The molecule has 2 N–H and O–H groups in total. The van der Waals surface area contributed by atoms with Crippen LogP contribution in [0.3, 0.4) is 0 Å². The molecule has 1 heterocycles. The molecule has 0 saturated heterocycles. The molecular weight excluding hydrogens is 258 g/mol. The molecule has 1 aromatic heterocycles. The van der Waals surface area contributed by atoms with Gasteiger partial charge in [0.05, 0.1) is 16.8 Å². The second kappa shape index (κ2) is 5.66. The summed E-state index contributed by atoms with van der Waals surface area (Å²) in [6, 6.07) is 8.03. The molecule has 0 bridgehead atoms. The van der Waals surface area contributed by atoms with Crippen molar-refractivity contribution < 1.29 is 9.66 Å². The number of benzene rings is 1. The van der Waals surface area contributed by atoms with Gasteiger partial charge in [0.2, 0.25) is 0 Å². The first-order valence-corrected chi connectivity index (χ1v) is 6.12. The van der Waals surface area contributed by atoms with E-state index in [2.05, 4.69) is 4.98 Å². The molecule has 6 nitrogen and oxygen atoms in total. The van der Waals surface area contributed by atoms with Crippen molar-refractivity contribution in [2.24, 2.45) is 5.73 Å². The first-order chi connectivity index (χ1) is 9.47. The third-order valence-electron chi connectivity index (χ3n) is 2.83. The van der Waals surface area contributed by atoms with Gasteiger partial charge in [0.25, 0.3) is 5.69 Å². The molecule has 6 heteroatoms. The van der Waals surface area contributed by atoms with Crippen LogP contribution in [0.5, 0.6) is 11.5 Å². The molecule has 0 aliphatic rings. The van der Waals surface area contributed by atoms with E-state index in [-0.39, 0.29) is 11.7 Å². The average Bonchev–Trinajstić information content (AvgIpc) is 2.39. The van der Waals surface area contributed by atoms with E-state index in [0.29, 0.717) is 17.1 Å². The van der Waals surface area contributed by atoms with Crippen molar-refractivity contribution >= 4 is 5.69 Å². The summed E-state index contributed by atoms with van der Waals surface area (Å²) >= 11 is 0. The van der Waals surface area contributed by atoms with Gasteiger partial charge in [-0.05, 0) is 38.1 Å². The largest absolute Gasteiger partial charge is 0.456 e.